The fourth-order valence-electron chi connectivity index (χ4n) is 6.03. The number of hydrogen-bond acceptors (Lipinski definition) is 19. The van der Waals surface area contributed by atoms with Crippen LogP contribution in [0.1, 0.15) is 79.0 Å². The van der Waals surface area contributed by atoms with Crippen molar-refractivity contribution < 1.29 is 90.4 Å². The van der Waals surface area contributed by atoms with Crippen molar-refractivity contribution in [2.24, 2.45) is 0 Å². The summed E-state index contributed by atoms with van der Waals surface area (Å²) in [5.41, 5.74) is 0.873. The number of methoxy groups -OCH3 is 2. The van der Waals surface area contributed by atoms with E-state index in [4.69, 9.17) is 56.8 Å². The van der Waals surface area contributed by atoms with Crippen LogP contribution in [0.25, 0.3) is 0 Å². The normalized spacial score (nSPS) is 19.5. The molecule has 0 amide bonds. The number of ether oxygens (including phenoxy) is 12. The van der Waals surface area contributed by atoms with E-state index in [1.165, 1.54) is 73.1 Å². The van der Waals surface area contributed by atoms with Crippen LogP contribution < -0.4 is 23.7 Å². The summed E-state index contributed by atoms with van der Waals surface area (Å²) in [5, 5.41) is 0. The first-order valence-corrected chi connectivity index (χ1v) is 18.3. The maximum absolute atomic E-state index is 12.4. The van der Waals surface area contributed by atoms with Crippen LogP contribution in [-0.2, 0) is 73.1 Å². The average Bonchev–Trinajstić information content (AvgIpc) is 3.13. The number of aryl methyl sites for hydroxylation is 1. The third kappa shape index (κ3) is 14.4. The quantitative estimate of drug-likeness (QED) is 0.0851. The second kappa shape index (κ2) is 22.3. The zero-order chi connectivity index (χ0) is 44.0. The van der Waals surface area contributed by atoms with Crippen molar-refractivity contribution in [2.75, 3.05) is 27.4 Å². The number of esters is 7. The van der Waals surface area contributed by atoms with Crippen LogP contribution in [0.3, 0.4) is 0 Å². The highest BCUT2D eigenvalue weighted by Crippen LogP contribution is 2.42. The van der Waals surface area contributed by atoms with Gasteiger partial charge in [-0.05, 0) is 49.6 Å². The number of carbonyl (C=O) groups excluding carboxylic acids is 7. The van der Waals surface area contributed by atoms with E-state index in [-0.39, 0.29) is 41.8 Å². The minimum Gasteiger partial charge on any atom is -0.493 e. The lowest BCUT2D eigenvalue weighted by Crippen LogP contribution is -2.61. The lowest BCUT2D eigenvalue weighted by atomic mass is 9.99. The van der Waals surface area contributed by atoms with Crippen molar-refractivity contribution in [3.05, 3.63) is 41.5 Å². The molecule has 0 bridgehead atoms. The maximum Gasteiger partial charge on any atom is 0.308 e. The van der Waals surface area contributed by atoms with Gasteiger partial charge in [0, 0.05) is 54.0 Å². The molecule has 7 atom stereocenters. The molecule has 0 N–H and O–H groups in total. The van der Waals surface area contributed by atoms with Crippen LogP contribution >= 0.6 is 0 Å². The molecule has 1 aliphatic heterocycles. The van der Waals surface area contributed by atoms with Crippen LogP contribution in [0.2, 0.25) is 0 Å². The van der Waals surface area contributed by atoms with Gasteiger partial charge in [-0.15, -0.1) is 0 Å². The third-order valence-corrected chi connectivity index (χ3v) is 8.20. The van der Waals surface area contributed by atoms with Crippen molar-refractivity contribution in [1.29, 1.82) is 0 Å². The monoisotopic (exact) mass is 834 g/mol. The molecule has 59 heavy (non-hydrogen) atoms. The molecule has 0 unspecified atom stereocenters. The van der Waals surface area contributed by atoms with E-state index in [9.17, 15) is 33.6 Å². The largest absolute Gasteiger partial charge is 0.493 e. The molecule has 1 heterocycles. The molecule has 1 fully saturated rings. The average molecular weight is 835 g/mol. The Morgan fingerprint density at radius 2 is 1.22 bits per heavy atom. The van der Waals surface area contributed by atoms with Crippen molar-refractivity contribution in [3.63, 3.8) is 0 Å². The highest BCUT2D eigenvalue weighted by atomic mass is 16.7. The lowest BCUT2D eigenvalue weighted by molar-refractivity contribution is -0.300. The summed E-state index contributed by atoms with van der Waals surface area (Å²) in [7, 11) is 2.69. The van der Waals surface area contributed by atoms with Crippen LogP contribution in [0.15, 0.2) is 30.3 Å². The van der Waals surface area contributed by atoms with E-state index in [1.54, 1.807) is 13.0 Å². The molecular formula is C40H50O19. The molecule has 324 valence electrons. The molecule has 0 aliphatic carbocycles. The fraction of sp³-hybridized carbons (Fsp3) is 0.525. The van der Waals surface area contributed by atoms with Gasteiger partial charge in [0.1, 0.15) is 6.61 Å². The van der Waals surface area contributed by atoms with Gasteiger partial charge in [0.25, 0.3) is 0 Å². The van der Waals surface area contributed by atoms with Crippen LogP contribution in [0.5, 0.6) is 28.7 Å². The first kappa shape index (κ1) is 47.4. The van der Waals surface area contributed by atoms with Crippen molar-refractivity contribution in [1.82, 2.24) is 0 Å². The lowest BCUT2D eigenvalue weighted by Gasteiger charge is -2.43. The molecule has 3 rings (SSSR count). The van der Waals surface area contributed by atoms with Gasteiger partial charge in [-0.3, -0.25) is 33.6 Å². The van der Waals surface area contributed by atoms with Gasteiger partial charge >= 0.3 is 41.8 Å². The van der Waals surface area contributed by atoms with Crippen molar-refractivity contribution in [2.45, 2.75) is 111 Å². The van der Waals surface area contributed by atoms with Gasteiger partial charge in [-0.25, -0.2) is 0 Å². The topological polar surface area (TPSA) is 230 Å². The second-order valence-electron chi connectivity index (χ2n) is 13.1. The van der Waals surface area contributed by atoms with Gasteiger partial charge in [0.05, 0.1) is 26.9 Å². The van der Waals surface area contributed by atoms with Crippen LogP contribution in [0, 0.1) is 0 Å². The van der Waals surface area contributed by atoms with Crippen LogP contribution in [0.4, 0.5) is 0 Å². The highest BCUT2D eigenvalue weighted by molar-refractivity contribution is 5.72. The molecule has 2 aromatic carbocycles. The minimum atomic E-state index is -1.28. The number of benzene rings is 2. The predicted molar refractivity (Wildman–Crippen MR) is 199 cm³/mol. The van der Waals surface area contributed by atoms with E-state index >= 15 is 0 Å². The summed E-state index contributed by atoms with van der Waals surface area (Å²) in [4.78, 5) is 84.4. The van der Waals surface area contributed by atoms with Crippen LogP contribution in [-0.4, -0.2) is 106 Å². The van der Waals surface area contributed by atoms with Gasteiger partial charge in [0.2, 0.25) is 5.75 Å². The SMILES string of the molecule is COc1cc([C@@H](OC(C)=O)[C@@H](COC(C)=O)Oc2c(OC)cc(CCCO[C@@H]3O[C@@H](C)[C@H](OC(C)=O)[C@@H](OC(C)=O)[C@H]3OC(C)=O)cc2OC(C)=O)ccc1OC(C)=O. The summed E-state index contributed by atoms with van der Waals surface area (Å²) in [6.07, 6.45) is -7.61. The van der Waals surface area contributed by atoms with Gasteiger partial charge in [-0.1, -0.05) is 6.07 Å². The van der Waals surface area contributed by atoms with E-state index in [1.807, 2.05) is 0 Å². The summed E-state index contributed by atoms with van der Waals surface area (Å²) in [6.45, 7) is 9.35. The molecule has 0 saturated carbocycles. The highest BCUT2D eigenvalue weighted by Gasteiger charge is 2.51. The first-order chi connectivity index (χ1) is 27.8. The fourth-order valence-corrected chi connectivity index (χ4v) is 6.03. The molecule has 19 nitrogen and oxygen atoms in total. The number of rotatable bonds is 19. The molecule has 2 aromatic rings. The maximum atomic E-state index is 12.4. The Balaban J connectivity index is 1.94. The smallest absolute Gasteiger partial charge is 0.308 e. The van der Waals surface area contributed by atoms with Gasteiger partial charge < -0.3 is 56.8 Å². The first-order valence-electron chi connectivity index (χ1n) is 18.3. The molecular weight excluding hydrogens is 784 g/mol. The van der Waals surface area contributed by atoms with E-state index in [2.05, 4.69) is 0 Å². The predicted octanol–water partition coefficient (Wildman–Crippen LogP) is 3.66. The van der Waals surface area contributed by atoms with Gasteiger partial charge in [0.15, 0.2) is 59.8 Å². The molecule has 0 spiro atoms. The molecule has 0 aromatic heterocycles. The Morgan fingerprint density at radius 1 is 0.644 bits per heavy atom. The second-order valence-corrected chi connectivity index (χ2v) is 13.1. The number of carbonyl (C=O) groups is 7. The Morgan fingerprint density at radius 3 is 1.78 bits per heavy atom. The summed E-state index contributed by atoms with van der Waals surface area (Å²) in [5.74, 6) is -4.72. The summed E-state index contributed by atoms with van der Waals surface area (Å²) in [6, 6.07) is 7.49. The Kier molecular flexibility index (Phi) is 17.9. The zero-order valence-corrected chi connectivity index (χ0v) is 34.5. The van der Waals surface area contributed by atoms with Crippen molar-refractivity contribution >= 4 is 41.8 Å². The standard InChI is InChI=1S/C40H50O19/c1-20-35(55-24(5)44)38(57-26(7)46)39(58-27(8)47)40(52-20)50-15-11-12-28-16-32(49-10)37(33(17-28)54-23(4)43)59-34(19-51-21(2)41)36(56-25(6)45)29-13-14-30(53-22(3)42)31(18-29)48-9/h13-14,16-18,20,34-36,38-40H,11-12,15,19H2,1-10H3/t20-,34+,35-,36+,38+,39+,40+/m0/s1. The molecule has 19 heteroatoms. The van der Waals surface area contributed by atoms with E-state index in [0.717, 1.165) is 13.8 Å². The van der Waals surface area contributed by atoms with Gasteiger partial charge in [-0.2, -0.15) is 0 Å². The third-order valence-electron chi connectivity index (χ3n) is 8.20. The number of hydrogen-bond donors (Lipinski definition) is 0. The molecule has 0 radical (unpaired) electrons. The Hall–Kier alpha value is -5.95. The molecule has 1 saturated heterocycles. The summed E-state index contributed by atoms with van der Waals surface area (Å²) >= 11 is 0. The van der Waals surface area contributed by atoms with E-state index in [0.29, 0.717) is 17.5 Å². The Labute approximate surface area is 340 Å². The van der Waals surface area contributed by atoms with Crippen molar-refractivity contribution in [3.8, 4) is 28.7 Å². The zero-order valence-electron chi connectivity index (χ0n) is 34.5. The minimum absolute atomic E-state index is 0.0118. The Bertz CT molecular complexity index is 1840. The van der Waals surface area contributed by atoms with E-state index < -0.39 is 91.3 Å². The summed E-state index contributed by atoms with van der Waals surface area (Å²) < 4.78 is 67.3. The molecule has 1 aliphatic rings.